The van der Waals surface area contributed by atoms with Gasteiger partial charge in [0.1, 0.15) is 0 Å². The highest BCUT2D eigenvalue weighted by Crippen LogP contribution is 2.21. The molecule has 6 heteroatoms. The molecule has 116 valence electrons. The van der Waals surface area contributed by atoms with Crippen LogP contribution in [0.25, 0.3) is 0 Å². The second-order valence-electron chi connectivity index (χ2n) is 5.00. The van der Waals surface area contributed by atoms with Crippen LogP contribution in [-0.2, 0) is 16.0 Å². The monoisotopic (exact) mass is 313 g/mol. The van der Waals surface area contributed by atoms with Crippen LogP contribution in [0.1, 0.15) is 22.8 Å². The molecular formula is C15H20ClNO4. The van der Waals surface area contributed by atoms with Crippen molar-refractivity contribution < 1.29 is 19.4 Å². The number of carbonyl (C=O) groups is 1. The van der Waals surface area contributed by atoms with Crippen molar-refractivity contribution in [1.29, 1.82) is 0 Å². The molecule has 0 saturated carbocycles. The van der Waals surface area contributed by atoms with Crippen LogP contribution in [0.3, 0.4) is 0 Å². The van der Waals surface area contributed by atoms with Gasteiger partial charge in [-0.1, -0.05) is 11.6 Å². The molecule has 0 aliphatic carbocycles. The minimum atomic E-state index is -0.941. The van der Waals surface area contributed by atoms with Gasteiger partial charge in [0.2, 0.25) is 0 Å². The van der Waals surface area contributed by atoms with E-state index in [1.165, 1.54) is 6.07 Å². The normalized spacial score (nSPS) is 19.6. The van der Waals surface area contributed by atoms with Crippen molar-refractivity contribution in [2.45, 2.75) is 19.6 Å². The molecule has 1 aromatic rings. The van der Waals surface area contributed by atoms with E-state index in [0.717, 1.165) is 18.7 Å². The number of morpholine rings is 1. The van der Waals surface area contributed by atoms with Gasteiger partial charge in [-0.25, -0.2) is 4.79 Å². The summed E-state index contributed by atoms with van der Waals surface area (Å²) in [5.74, 6) is -0.941. The van der Waals surface area contributed by atoms with Crippen molar-refractivity contribution >= 4 is 17.6 Å². The Balaban J connectivity index is 2.00. The molecule has 1 aliphatic rings. The molecule has 5 nitrogen and oxygen atoms in total. The lowest BCUT2D eigenvalue weighted by molar-refractivity contribution is -0.0694. The van der Waals surface area contributed by atoms with Gasteiger partial charge in [-0.05, 0) is 30.7 Å². The predicted molar refractivity (Wildman–Crippen MR) is 79.9 cm³/mol. The molecule has 0 bridgehead atoms. The fraction of sp³-hybridized carbons (Fsp3) is 0.533. The molecule has 1 aliphatic heterocycles. The summed E-state index contributed by atoms with van der Waals surface area (Å²) in [6.45, 7) is 6.03. The Morgan fingerprint density at radius 3 is 3.10 bits per heavy atom. The molecular weight excluding hydrogens is 294 g/mol. The van der Waals surface area contributed by atoms with Gasteiger partial charge in [0, 0.05) is 31.3 Å². The van der Waals surface area contributed by atoms with Gasteiger partial charge in [0.05, 0.1) is 24.9 Å². The number of nitrogens with zero attached hydrogens (tertiary/aromatic N) is 1. The Kier molecular flexibility index (Phi) is 5.99. The standard InChI is InChI=1S/C15H20ClNO4/c1-2-20-10-13-9-17(5-6-21-13)8-12-7-11(15(18)19)3-4-14(12)16/h3-4,7,13H,2,5-6,8-10H2,1H3,(H,18,19). The molecule has 0 spiro atoms. The summed E-state index contributed by atoms with van der Waals surface area (Å²) >= 11 is 6.16. The zero-order chi connectivity index (χ0) is 15.2. The second-order valence-corrected chi connectivity index (χ2v) is 5.41. The minimum absolute atomic E-state index is 0.0557. The molecule has 2 rings (SSSR count). The number of hydrogen-bond acceptors (Lipinski definition) is 4. The van der Waals surface area contributed by atoms with Gasteiger partial charge < -0.3 is 14.6 Å². The number of ether oxygens (including phenoxy) is 2. The van der Waals surface area contributed by atoms with E-state index in [1.807, 2.05) is 6.92 Å². The van der Waals surface area contributed by atoms with Crippen LogP contribution in [0.15, 0.2) is 18.2 Å². The van der Waals surface area contributed by atoms with E-state index >= 15 is 0 Å². The van der Waals surface area contributed by atoms with Gasteiger partial charge in [0.25, 0.3) is 0 Å². The van der Waals surface area contributed by atoms with Crippen molar-refractivity contribution in [3.05, 3.63) is 34.3 Å². The van der Waals surface area contributed by atoms with E-state index in [0.29, 0.717) is 31.4 Å². The SMILES string of the molecule is CCOCC1CN(Cc2cc(C(=O)O)ccc2Cl)CCO1. The number of hydrogen-bond donors (Lipinski definition) is 1. The van der Waals surface area contributed by atoms with Crippen LogP contribution < -0.4 is 0 Å². The van der Waals surface area contributed by atoms with E-state index in [-0.39, 0.29) is 11.7 Å². The maximum Gasteiger partial charge on any atom is 0.335 e. The highest BCUT2D eigenvalue weighted by Gasteiger charge is 2.21. The molecule has 0 aromatic heterocycles. The van der Waals surface area contributed by atoms with Crippen LogP contribution in [0.2, 0.25) is 5.02 Å². The summed E-state index contributed by atoms with van der Waals surface area (Å²) in [6.07, 6.45) is 0.0557. The second kappa shape index (κ2) is 7.75. The van der Waals surface area contributed by atoms with Crippen molar-refractivity contribution in [1.82, 2.24) is 4.90 Å². The zero-order valence-corrected chi connectivity index (χ0v) is 12.8. The first-order valence-corrected chi connectivity index (χ1v) is 7.41. The van der Waals surface area contributed by atoms with Crippen molar-refractivity contribution in [3.8, 4) is 0 Å². The number of rotatable bonds is 6. The Morgan fingerprint density at radius 2 is 2.38 bits per heavy atom. The molecule has 1 N–H and O–H groups in total. The van der Waals surface area contributed by atoms with Crippen LogP contribution in [0, 0.1) is 0 Å². The van der Waals surface area contributed by atoms with Gasteiger partial charge in [-0.15, -0.1) is 0 Å². The van der Waals surface area contributed by atoms with Crippen molar-refractivity contribution in [2.24, 2.45) is 0 Å². The zero-order valence-electron chi connectivity index (χ0n) is 12.0. The molecule has 1 aromatic carbocycles. The molecule has 21 heavy (non-hydrogen) atoms. The summed E-state index contributed by atoms with van der Waals surface area (Å²) in [4.78, 5) is 13.2. The topological polar surface area (TPSA) is 59.0 Å². The molecule has 1 saturated heterocycles. The van der Waals surface area contributed by atoms with Gasteiger partial charge in [-0.2, -0.15) is 0 Å². The Hall–Kier alpha value is -1.14. The highest BCUT2D eigenvalue weighted by atomic mass is 35.5. The summed E-state index contributed by atoms with van der Waals surface area (Å²) in [5, 5.41) is 9.64. The van der Waals surface area contributed by atoms with Crippen LogP contribution >= 0.6 is 11.6 Å². The van der Waals surface area contributed by atoms with Gasteiger partial charge >= 0.3 is 5.97 Å². The first-order valence-electron chi connectivity index (χ1n) is 7.03. The Bertz CT molecular complexity index is 495. The number of carboxylic acid groups (broad SMARTS) is 1. The highest BCUT2D eigenvalue weighted by molar-refractivity contribution is 6.31. The average Bonchev–Trinajstić information content (AvgIpc) is 2.47. The molecule has 1 fully saturated rings. The minimum Gasteiger partial charge on any atom is -0.478 e. The maximum absolute atomic E-state index is 11.0. The molecule has 0 amide bonds. The van der Waals surface area contributed by atoms with E-state index in [2.05, 4.69) is 4.90 Å². The summed E-state index contributed by atoms with van der Waals surface area (Å²) in [6, 6.07) is 4.79. The summed E-state index contributed by atoms with van der Waals surface area (Å²) in [7, 11) is 0. The molecule has 1 heterocycles. The van der Waals surface area contributed by atoms with E-state index in [4.69, 9.17) is 26.2 Å². The van der Waals surface area contributed by atoms with E-state index < -0.39 is 5.97 Å². The number of aromatic carboxylic acids is 1. The predicted octanol–water partition coefficient (Wildman–Crippen LogP) is 2.28. The first-order chi connectivity index (χ1) is 10.1. The fourth-order valence-electron chi connectivity index (χ4n) is 2.34. The lowest BCUT2D eigenvalue weighted by Gasteiger charge is -2.33. The fourth-order valence-corrected chi connectivity index (χ4v) is 2.52. The average molecular weight is 314 g/mol. The van der Waals surface area contributed by atoms with Gasteiger partial charge in [-0.3, -0.25) is 4.90 Å². The Labute approximate surface area is 129 Å². The van der Waals surface area contributed by atoms with Crippen molar-refractivity contribution in [3.63, 3.8) is 0 Å². The van der Waals surface area contributed by atoms with Crippen LogP contribution in [0.4, 0.5) is 0 Å². The first kappa shape index (κ1) is 16.2. The van der Waals surface area contributed by atoms with E-state index in [9.17, 15) is 4.79 Å². The Morgan fingerprint density at radius 1 is 1.57 bits per heavy atom. The van der Waals surface area contributed by atoms with E-state index in [1.54, 1.807) is 12.1 Å². The summed E-state index contributed by atoms with van der Waals surface area (Å²) in [5.41, 5.74) is 1.09. The lowest BCUT2D eigenvalue weighted by Crippen LogP contribution is -2.44. The van der Waals surface area contributed by atoms with Crippen LogP contribution in [-0.4, -0.2) is 55.0 Å². The number of carboxylic acids is 1. The largest absolute Gasteiger partial charge is 0.478 e. The summed E-state index contributed by atoms with van der Waals surface area (Å²) < 4.78 is 11.0. The third-order valence-corrected chi connectivity index (χ3v) is 3.79. The smallest absolute Gasteiger partial charge is 0.335 e. The molecule has 1 unspecified atom stereocenters. The third-order valence-electron chi connectivity index (χ3n) is 3.42. The van der Waals surface area contributed by atoms with Crippen LogP contribution in [0.5, 0.6) is 0 Å². The molecule has 1 atom stereocenters. The number of halogens is 1. The quantitative estimate of drug-likeness (QED) is 0.873. The maximum atomic E-state index is 11.0. The molecule has 0 radical (unpaired) electrons. The van der Waals surface area contributed by atoms with Crippen molar-refractivity contribution in [2.75, 3.05) is 32.9 Å². The number of benzene rings is 1. The lowest BCUT2D eigenvalue weighted by atomic mass is 10.1. The third kappa shape index (κ3) is 4.68. The van der Waals surface area contributed by atoms with Gasteiger partial charge in [0.15, 0.2) is 0 Å².